The highest BCUT2D eigenvalue weighted by atomic mass is 16.5. The average Bonchev–Trinajstić information content (AvgIpc) is 2.82. The van der Waals surface area contributed by atoms with Crippen LogP contribution in [0.15, 0.2) is 59.1 Å². The van der Waals surface area contributed by atoms with Crippen molar-refractivity contribution in [1.29, 1.82) is 0 Å². The first-order valence-electron chi connectivity index (χ1n) is 6.07. The van der Waals surface area contributed by atoms with E-state index >= 15 is 0 Å². The molecule has 3 aromatic rings. The molecule has 2 aromatic carbocycles. The summed E-state index contributed by atoms with van der Waals surface area (Å²) in [6, 6.07) is 16.9. The smallest absolute Gasteiger partial charge is 0.170 e. The van der Waals surface area contributed by atoms with Gasteiger partial charge in [-0.1, -0.05) is 47.6 Å². The van der Waals surface area contributed by atoms with E-state index in [1.165, 1.54) is 0 Å². The van der Waals surface area contributed by atoms with Gasteiger partial charge in [0.2, 0.25) is 0 Å². The van der Waals surface area contributed by atoms with E-state index in [0.29, 0.717) is 11.3 Å². The molecule has 3 nitrogen and oxygen atoms in total. The number of benzene rings is 2. The van der Waals surface area contributed by atoms with Crippen LogP contribution in [0.5, 0.6) is 5.75 Å². The lowest BCUT2D eigenvalue weighted by atomic mass is 10.0. The van der Waals surface area contributed by atoms with E-state index in [-0.39, 0.29) is 5.75 Å². The zero-order chi connectivity index (χ0) is 13.2. The van der Waals surface area contributed by atoms with Gasteiger partial charge in [0.15, 0.2) is 5.76 Å². The van der Waals surface area contributed by atoms with E-state index in [9.17, 15) is 5.11 Å². The van der Waals surface area contributed by atoms with Gasteiger partial charge in [-0.25, -0.2) is 0 Å². The number of rotatable bonds is 2. The first kappa shape index (κ1) is 11.5. The van der Waals surface area contributed by atoms with Crippen molar-refractivity contribution in [3.63, 3.8) is 0 Å². The maximum Gasteiger partial charge on any atom is 0.170 e. The van der Waals surface area contributed by atoms with Crippen molar-refractivity contribution in [2.24, 2.45) is 0 Å². The number of para-hydroxylation sites is 1. The van der Waals surface area contributed by atoms with Gasteiger partial charge in [0, 0.05) is 16.7 Å². The third-order valence-electron chi connectivity index (χ3n) is 3.12. The van der Waals surface area contributed by atoms with Gasteiger partial charge < -0.3 is 9.63 Å². The summed E-state index contributed by atoms with van der Waals surface area (Å²) in [5.74, 6) is 0.942. The lowest BCUT2D eigenvalue weighted by Crippen LogP contribution is -1.82. The Balaban J connectivity index is 2.12. The van der Waals surface area contributed by atoms with E-state index in [0.717, 1.165) is 16.9 Å². The molecule has 0 atom stereocenters. The van der Waals surface area contributed by atoms with Crippen LogP contribution >= 0.6 is 0 Å². The summed E-state index contributed by atoms with van der Waals surface area (Å²) < 4.78 is 5.43. The van der Waals surface area contributed by atoms with Gasteiger partial charge in [-0.2, -0.15) is 0 Å². The number of hydrogen-bond donors (Lipinski definition) is 1. The van der Waals surface area contributed by atoms with Crippen LogP contribution in [0.4, 0.5) is 0 Å². The van der Waals surface area contributed by atoms with E-state index < -0.39 is 0 Å². The number of hydrogen-bond acceptors (Lipinski definition) is 3. The molecule has 0 aliphatic heterocycles. The number of phenols is 1. The summed E-state index contributed by atoms with van der Waals surface area (Å²) in [6.07, 6.45) is 0. The largest absolute Gasteiger partial charge is 0.507 e. The van der Waals surface area contributed by atoms with Gasteiger partial charge in [-0.15, -0.1) is 0 Å². The van der Waals surface area contributed by atoms with E-state index in [4.69, 9.17) is 4.52 Å². The van der Waals surface area contributed by atoms with Crippen molar-refractivity contribution in [2.45, 2.75) is 6.92 Å². The number of aromatic nitrogens is 1. The molecule has 94 valence electrons. The predicted octanol–water partition coefficient (Wildman–Crippen LogP) is 4.02. The second-order valence-electron chi connectivity index (χ2n) is 4.37. The summed E-state index contributed by atoms with van der Waals surface area (Å²) >= 11 is 0. The van der Waals surface area contributed by atoms with Crippen LogP contribution in [0.25, 0.3) is 22.6 Å². The quantitative estimate of drug-likeness (QED) is 0.748. The van der Waals surface area contributed by atoms with Crippen molar-refractivity contribution in [2.75, 3.05) is 0 Å². The van der Waals surface area contributed by atoms with Crippen LogP contribution in [0.3, 0.4) is 0 Å². The first-order chi connectivity index (χ1) is 9.27. The molecule has 0 saturated heterocycles. The SMILES string of the molecule is Cc1c(-c2ccccc2O)noc1-c1ccccc1. The summed E-state index contributed by atoms with van der Waals surface area (Å²) in [7, 11) is 0. The molecule has 0 bridgehead atoms. The average molecular weight is 251 g/mol. The lowest BCUT2D eigenvalue weighted by Gasteiger charge is -2.01. The van der Waals surface area contributed by atoms with Gasteiger partial charge in [0.05, 0.1) is 0 Å². The standard InChI is InChI=1S/C16H13NO2/c1-11-15(13-9-5-6-10-14(13)18)17-19-16(11)12-7-3-2-4-8-12/h2-10,18H,1H3. The van der Waals surface area contributed by atoms with Gasteiger partial charge in [0.1, 0.15) is 11.4 Å². The van der Waals surface area contributed by atoms with Crippen LogP contribution in [0, 0.1) is 6.92 Å². The first-order valence-corrected chi connectivity index (χ1v) is 6.07. The number of nitrogens with zero attached hydrogens (tertiary/aromatic N) is 1. The number of phenolic OH excluding ortho intramolecular Hbond substituents is 1. The molecule has 0 fully saturated rings. The normalized spacial score (nSPS) is 10.6. The molecule has 0 aliphatic carbocycles. The Hall–Kier alpha value is -2.55. The number of aromatic hydroxyl groups is 1. The molecule has 1 heterocycles. The lowest BCUT2D eigenvalue weighted by molar-refractivity contribution is 0.433. The van der Waals surface area contributed by atoms with Crippen molar-refractivity contribution in [3.8, 4) is 28.3 Å². The molecule has 0 unspecified atom stereocenters. The molecule has 0 radical (unpaired) electrons. The Morgan fingerprint density at radius 2 is 1.63 bits per heavy atom. The molecule has 0 saturated carbocycles. The molecule has 19 heavy (non-hydrogen) atoms. The topological polar surface area (TPSA) is 46.3 Å². The molecule has 1 N–H and O–H groups in total. The maximum atomic E-state index is 9.89. The summed E-state index contributed by atoms with van der Waals surface area (Å²) in [5.41, 5.74) is 3.27. The molecule has 3 rings (SSSR count). The fourth-order valence-electron chi connectivity index (χ4n) is 2.12. The van der Waals surface area contributed by atoms with Gasteiger partial charge in [-0.05, 0) is 19.1 Å². The zero-order valence-electron chi connectivity index (χ0n) is 10.5. The fourth-order valence-corrected chi connectivity index (χ4v) is 2.12. The van der Waals surface area contributed by atoms with Gasteiger partial charge in [0.25, 0.3) is 0 Å². The Bertz CT molecular complexity index is 702. The highest BCUT2D eigenvalue weighted by Crippen LogP contribution is 2.35. The molecule has 3 heteroatoms. The zero-order valence-corrected chi connectivity index (χ0v) is 10.5. The molecule has 0 amide bonds. The van der Waals surface area contributed by atoms with Gasteiger partial charge >= 0.3 is 0 Å². The Morgan fingerprint density at radius 3 is 2.37 bits per heavy atom. The minimum atomic E-state index is 0.207. The Morgan fingerprint density at radius 1 is 0.947 bits per heavy atom. The van der Waals surface area contributed by atoms with Crippen molar-refractivity contribution in [1.82, 2.24) is 5.16 Å². The molecule has 0 aliphatic rings. The highest BCUT2D eigenvalue weighted by molar-refractivity contribution is 5.75. The second-order valence-corrected chi connectivity index (χ2v) is 4.37. The highest BCUT2D eigenvalue weighted by Gasteiger charge is 2.16. The Kier molecular flexibility index (Phi) is 2.80. The Labute approximate surface area is 111 Å². The van der Waals surface area contributed by atoms with Crippen LogP contribution < -0.4 is 0 Å². The van der Waals surface area contributed by atoms with Crippen molar-refractivity contribution in [3.05, 3.63) is 60.2 Å². The summed E-state index contributed by atoms with van der Waals surface area (Å²) in [4.78, 5) is 0. The third kappa shape index (κ3) is 1.99. The van der Waals surface area contributed by atoms with Crippen LogP contribution in [-0.4, -0.2) is 10.3 Å². The van der Waals surface area contributed by atoms with Crippen molar-refractivity contribution < 1.29 is 9.63 Å². The minimum Gasteiger partial charge on any atom is -0.507 e. The third-order valence-corrected chi connectivity index (χ3v) is 3.12. The van der Waals surface area contributed by atoms with Crippen molar-refractivity contribution >= 4 is 0 Å². The second kappa shape index (κ2) is 4.61. The fraction of sp³-hybridized carbons (Fsp3) is 0.0625. The van der Waals surface area contributed by atoms with Crippen LogP contribution in [-0.2, 0) is 0 Å². The molecular formula is C16H13NO2. The monoisotopic (exact) mass is 251 g/mol. The maximum absolute atomic E-state index is 9.89. The summed E-state index contributed by atoms with van der Waals surface area (Å²) in [5, 5.41) is 14.0. The molecule has 0 spiro atoms. The van der Waals surface area contributed by atoms with Gasteiger partial charge in [-0.3, -0.25) is 0 Å². The van der Waals surface area contributed by atoms with Crippen LogP contribution in [0.1, 0.15) is 5.56 Å². The van der Waals surface area contributed by atoms with Crippen LogP contribution in [0.2, 0.25) is 0 Å². The van der Waals surface area contributed by atoms with E-state index in [1.807, 2.05) is 49.4 Å². The summed E-state index contributed by atoms with van der Waals surface area (Å²) in [6.45, 7) is 1.95. The molecular weight excluding hydrogens is 238 g/mol. The molecule has 1 aromatic heterocycles. The van der Waals surface area contributed by atoms with E-state index in [2.05, 4.69) is 5.16 Å². The predicted molar refractivity (Wildman–Crippen MR) is 73.8 cm³/mol. The van der Waals surface area contributed by atoms with E-state index in [1.54, 1.807) is 12.1 Å². The minimum absolute atomic E-state index is 0.207.